The van der Waals surface area contributed by atoms with Crippen LogP contribution in [0.4, 0.5) is 0 Å². The summed E-state index contributed by atoms with van der Waals surface area (Å²) in [6, 6.07) is 9.77. The standard InChI is InChI=1S/C16H21NO3/c1-4-17-10-13-6-7-14(20-13)11-19-15-8-5-12(2)9-16(15)18-3/h5-9,17H,4,10-11H2,1-3H3. The predicted molar refractivity (Wildman–Crippen MR) is 78.2 cm³/mol. The van der Waals surface area contributed by atoms with Crippen LogP contribution in [0.1, 0.15) is 24.0 Å². The van der Waals surface area contributed by atoms with E-state index in [9.17, 15) is 0 Å². The number of ether oxygens (including phenoxy) is 2. The number of benzene rings is 1. The average molecular weight is 275 g/mol. The number of nitrogens with one attached hydrogen (secondary N) is 1. The summed E-state index contributed by atoms with van der Waals surface area (Å²) in [6.07, 6.45) is 0. The molecular formula is C16H21NO3. The minimum atomic E-state index is 0.394. The quantitative estimate of drug-likeness (QED) is 0.842. The second-order valence-corrected chi connectivity index (χ2v) is 4.59. The Labute approximate surface area is 119 Å². The monoisotopic (exact) mass is 275 g/mol. The first-order valence-electron chi connectivity index (χ1n) is 6.78. The molecule has 1 N–H and O–H groups in total. The highest BCUT2D eigenvalue weighted by atomic mass is 16.5. The lowest BCUT2D eigenvalue weighted by molar-refractivity contribution is 0.252. The van der Waals surface area contributed by atoms with Gasteiger partial charge >= 0.3 is 0 Å². The van der Waals surface area contributed by atoms with E-state index in [1.807, 2.05) is 37.3 Å². The molecule has 2 rings (SSSR count). The number of hydrogen-bond acceptors (Lipinski definition) is 4. The molecule has 108 valence electrons. The lowest BCUT2D eigenvalue weighted by atomic mass is 10.2. The number of rotatable bonds is 7. The van der Waals surface area contributed by atoms with Crippen molar-refractivity contribution in [2.75, 3.05) is 13.7 Å². The van der Waals surface area contributed by atoms with Crippen LogP contribution < -0.4 is 14.8 Å². The fraction of sp³-hybridized carbons (Fsp3) is 0.375. The molecule has 4 heteroatoms. The summed E-state index contributed by atoms with van der Waals surface area (Å²) in [5.74, 6) is 3.19. The van der Waals surface area contributed by atoms with Crippen molar-refractivity contribution in [1.82, 2.24) is 5.32 Å². The Kier molecular flexibility index (Phi) is 5.07. The molecule has 1 aromatic heterocycles. The van der Waals surface area contributed by atoms with Crippen molar-refractivity contribution in [1.29, 1.82) is 0 Å². The van der Waals surface area contributed by atoms with Gasteiger partial charge in [-0.15, -0.1) is 0 Å². The predicted octanol–water partition coefficient (Wildman–Crippen LogP) is 3.29. The van der Waals surface area contributed by atoms with Crippen molar-refractivity contribution in [2.24, 2.45) is 0 Å². The van der Waals surface area contributed by atoms with Gasteiger partial charge in [0, 0.05) is 0 Å². The van der Waals surface area contributed by atoms with Crippen LogP contribution in [-0.2, 0) is 13.2 Å². The van der Waals surface area contributed by atoms with Crippen molar-refractivity contribution in [3.05, 3.63) is 47.4 Å². The van der Waals surface area contributed by atoms with Crippen LogP contribution in [0.2, 0.25) is 0 Å². The second kappa shape index (κ2) is 7.01. The fourth-order valence-electron chi connectivity index (χ4n) is 1.89. The van der Waals surface area contributed by atoms with Crippen LogP contribution in [-0.4, -0.2) is 13.7 Å². The van der Waals surface area contributed by atoms with Crippen molar-refractivity contribution < 1.29 is 13.9 Å². The van der Waals surface area contributed by atoms with E-state index >= 15 is 0 Å². The van der Waals surface area contributed by atoms with Gasteiger partial charge in [-0.25, -0.2) is 0 Å². The molecule has 0 aliphatic heterocycles. The zero-order chi connectivity index (χ0) is 14.4. The Hall–Kier alpha value is -1.94. The Bertz CT molecular complexity index is 548. The Morgan fingerprint density at radius 3 is 2.65 bits per heavy atom. The second-order valence-electron chi connectivity index (χ2n) is 4.59. The van der Waals surface area contributed by atoms with Crippen molar-refractivity contribution in [3.63, 3.8) is 0 Å². The maximum atomic E-state index is 5.75. The molecule has 4 nitrogen and oxygen atoms in total. The Balaban J connectivity index is 1.96. The first kappa shape index (κ1) is 14.5. The Morgan fingerprint density at radius 1 is 1.10 bits per heavy atom. The highest BCUT2D eigenvalue weighted by Gasteiger charge is 2.07. The van der Waals surface area contributed by atoms with Gasteiger partial charge < -0.3 is 19.2 Å². The molecule has 20 heavy (non-hydrogen) atoms. The third-order valence-electron chi connectivity index (χ3n) is 2.96. The van der Waals surface area contributed by atoms with Gasteiger partial charge in [-0.05, 0) is 43.3 Å². The van der Waals surface area contributed by atoms with E-state index in [2.05, 4.69) is 12.2 Å². The Morgan fingerprint density at radius 2 is 1.90 bits per heavy atom. The van der Waals surface area contributed by atoms with Gasteiger partial charge in [0.2, 0.25) is 0 Å². The van der Waals surface area contributed by atoms with E-state index in [-0.39, 0.29) is 0 Å². The van der Waals surface area contributed by atoms with Gasteiger partial charge in [-0.1, -0.05) is 13.0 Å². The molecule has 0 fully saturated rings. The lowest BCUT2D eigenvalue weighted by Gasteiger charge is -2.10. The number of methoxy groups -OCH3 is 1. The molecule has 1 aromatic carbocycles. The summed E-state index contributed by atoms with van der Waals surface area (Å²) in [7, 11) is 1.64. The molecule has 0 atom stereocenters. The summed E-state index contributed by atoms with van der Waals surface area (Å²) in [6.45, 7) is 6.14. The fourth-order valence-corrected chi connectivity index (χ4v) is 1.89. The van der Waals surface area contributed by atoms with Gasteiger partial charge in [0.25, 0.3) is 0 Å². The maximum Gasteiger partial charge on any atom is 0.161 e. The van der Waals surface area contributed by atoms with E-state index in [0.29, 0.717) is 6.61 Å². The van der Waals surface area contributed by atoms with Crippen LogP contribution in [0.25, 0.3) is 0 Å². The molecule has 2 aromatic rings. The normalized spacial score (nSPS) is 10.6. The van der Waals surface area contributed by atoms with E-state index in [4.69, 9.17) is 13.9 Å². The number of furan rings is 1. The number of hydrogen-bond donors (Lipinski definition) is 1. The number of aryl methyl sites for hydroxylation is 1. The van der Waals surface area contributed by atoms with E-state index in [0.717, 1.165) is 41.7 Å². The minimum absolute atomic E-state index is 0.394. The summed E-state index contributed by atoms with van der Waals surface area (Å²) in [5.41, 5.74) is 1.14. The molecule has 0 saturated carbocycles. The SMILES string of the molecule is CCNCc1ccc(COc2ccc(C)cc2OC)o1. The highest BCUT2D eigenvalue weighted by molar-refractivity contribution is 5.42. The lowest BCUT2D eigenvalue weighted by Crippen LogP contribution is -2.10. The van der Waals surface area contributed by atoms with E-state index in [1.54, 1.807) is 7.11 Å². The molecule has 0 saturated heterocycles. The van der Waals surface area contributed by atoms with E-state index in [1.165, 1.54) is 0 Å². The van der Waals surface area contributed by atoms with Crippen LogP contribution in [0.15, 0.2) is 34.7 Å². The van der Waals surface area contributed by atoms with Gasteiger partial charge in [0.1, 0.15) is 18.1 Å². The molecule has 0 aliphatic carbocycles. The van der Waals surface area contributed by atoms with Crippen LogP contribution in [0.5, 0.6) is 11.5 Å². The average Bonchev–Trinajstić information content (AvgIpc) is 2.91. The van der Waals surface area contributed by atoms with Crippen molar-refractivity contribution in [2.45, 2.75) is 27.0 Å². The van der Waals surface area contributed by atoms with Crippen LogP contribution >= 0.6 is 0 Å². The topological polar surface area (TPSA) is 43.6 Å². The summed E-state index contributed by atoms with van der Waals surface area (Å²) in [4.78, 5) is 0. The van der Waals surface area contributed by atoms with E-state index < -0.39 is 0 Å². The van der Waals surface area contributed by atoms with Crippen LogP contribution in [0, 0.1) is 6.92 Å². The molecule has 0 radical (unpaired) electrons. The third-order valence-corrected chi connectivity index (χ3v) is 2.96. The molecule has 0 spiro atoms. The smallest absolute Gasteiger partial charge is 0.161 e. The zero-order valence-electron chi connectivity index (χ0n) is 12.2. The molecule has 1 heterocycles. The zero-order valence-corrected chi connectivity index (χ0v) is 12.2. The van der Waals surface area contributed by atoms with Gasteiger partial charge in [0.05, 0.1) is 13.7 Å². The molecule has 0 aliphatic rings. The van der Waals surface area contributed by atoms with Crippen molar-refractivity contribution >= 4 is 0 Å². The largest absolute Gasteiger partial charge is 0.493 e. The molecular weight excluding hydrogens is 254 g/mol. The van der Waals surface area contributed by atoms with Crippen LogP contribution in [0.3, 0.4) is 0 Å². The molecule has 0 bridgehead atoms. The first-order valence-corrected chi connectivity index (χ1v) is 6.78. The summed E-state index contributed by atoms with van der Waals surface area (Å²) < 4.78 is 16.7. The highest BCUT2D eigenvalue weighted by Crippen LogP contribution is 2.28. The minimum Gasteiger partial charge on any atom is -0.493 e. The maximum absolute atomic E-state index is 5.75. The van der Waals surface area contributed by atoms with Gasteiger partial charge in [-0.3, -0.25) is 0 Å². The van der Waals surface area contributed by atoms with Crippen molar-refractivity contribution in [3.8, 4) is 11.5 Å². The van der Waals surface area contributed by atoms with Gasteiger partial charge in [0.15, 0.2) is 11.5 Å². The summed E-state index contributed by atoms with van der Waals surface area (Å²) in [5, 5.41) is 3.22. The third kappa shape index (κ3) is 3.78. The molecule has 0 amide bonds. The molecule has 0 unspecified atom stereocenters. The first-order chi connectivity index (χ1) is 9.72. The summed E-state index contributed by atoms with van der Waals surface area (Å²) >= 11 is 0. The van der Waals surface area contributed by atoms with Gasteiger partial charge in [-0.2, -0.15) is 0 Å².